The van der Waals surface area contributed by atoms with Crippen LogP contribution < -0.4 is 5.32 Å². The van der Waals surface area contributed by atoms with Gasteiger partial charge in [-0.05, 0) is 50.6 Å². The van der Waals surface area contributed by atoms with E-state index in [4.69, 9.17) is 0 Å². The van der Waals surface area contributed by atoms with Crippen LogP contribution in [-0.4, -0.2) is 67.0 Å². The molecule has 0 unspecified atom stereocenters. The molecule has 0 aromatic heterocycles. The van der Waals surface area contributed by atoms with Gasteiger partial charge in [-0.3, -0.25) is 14.6 Å². The maximum atomic E-state index is 12.1. The first kappa shape index (κ1) is 18.9. The zero-order valence-corrected chi connectivity index (χ0v) is 15.7. The van der Waals surface area contributed by atoms with Gasteiger partial charge in [0.05, 0.1) is 12.7 Å². The molecule has 142 valence electrons. The molecule has 6 heteroatoms. The number of carbonyl (C=O) groups excluding carboxylic acids is 2. The Morgan fingerprint density at radius 2 is 1.92 bits per heavy atom. The molecule has 26 heavy (non-hydrogen) atoms. The van der Waals surface area contributed by atoms with Gasteiger partial charge in [0.1, 0.15) is 0 Å². The number of piperidine rings is 1. The molecule has 0 radical (unpaired) electrons. The van der Waals surface area contributed by atoms with Crippen molar-refractivity contribution in [2.45, 2.75) is 44.7 Å². The van der Waals surface area contributed by atoms with Gasteiger partial charge in [0, 0.05) is 43.8 Å². The molecule has 1 amide bonds. The van der Waals surface area contributed by atoms with Crippen molar-refractivity contribution in [1.82, 2.24) is 9.80 Å². The Balaban J connectivity index is 1.37. The molecule has 6 nitrogen and oxygen atoms in total. The lowest BCUT2D eigenvalue weighted by Crippen LogP contribution is -2.62. The van der Waals surface area contributed by atoms with E-state index in [0.717, 1.165) is 19.6 Å². The van der Waals surface area contributed by atoms with Gasteiger partial charge < -0.3 is 10.1 Å². The molecule has 2 aliphatic rings. The molecule has 0 aliphatic carbocycles. The van der Waals surface area contributed by atoms with E-state index >= 15 is 0 Å². The minimum atomic E-state index is -0.377. The molecule has 0 spiro atoms. The summed E-state index contributed by atoms with van der Waals surface area (Å²) in [6, 6.07) is 8.12. The predicted molar refractivity (Wildman–Crippen MR) is 101 cm³/mol. The van der Waals surface area contributed by atoms with E-state index in [0.29, 0.717) is 29.8 Å². The molecule has 1 aromatic carbocycles. The van der Waals surface area contributed by atoms with Crippen molar-refractivity contribution < 1.29 is 14.3 Å². The van der Waals surface area contributed by atoms with Crippen LogP contribution in [0.15, 0.2) is 24.3 Å². The first-order valence-corrected chi connectivity index (χ1v) is 9.53. The SMILES string of the molecule is COC(=O)c1ccc(NC(=O)CCN2CC(N3CCCC[C@@H]3C)C2)cc1. The second kappa shape index (κ2) is 8.64. The molecule has 1 aromatic rings. The lowest BCUT2D eigenvalue weighted by molar-refractivity contribution is -0.117. The average molecular weight is 359 g/mol. The van der Waals surface area contributed by atoms with Gasteiger partial charge >= 0.3 is 5.97 Å². The van der Waals surface area contributed by atoms with Gasteiger partial charge in [0.15, 0.2) is 0 Å². The first-order chi connectivity index (χ1) is 12.6. The van der Waals surface area contributed by atoms with E-state index < -0.39 is 0 Å². The Bertz CT molecular complexity index is 626. The van der Waals surface area contributed by atoms with Crippen molar-refractivity contribution >= 4 is 17.6 Å². The number of benzene rings is 1. The van der Waals surface area contributed by atoms with Crippen molar-refractivity contribution in [3.05, 3.63) is 29.8 Å². The molecular formula is C20H29N3O3. The molecule has 2 fully saturated rings. The summed E-state index contributed by atoms with van der Waals surface area (Å²) in [5, 5.41) is 2.88. The standard InChI is InChI=1S/C20H29N3O3/c1-15-5-3-4-11-23(15)18-13-22(14-18)12-10-19(24)21-17-8-6-16(7-9-17)20(25)26-2/h6-9,15,18H,3-5,10-14H2,1-2H3,(H,21,24)/t15-/m0/s1. The minimum absolute atomic E-state index is 0.00519. The maximum Gasteiger partial charge on any atom is 0.337 e. The largest absolute Gasteiger partial charge is 0.465 e. The number of methoxy groups -OCH3 is 1. The summed E-state index contributed by atoms with van der Waals surface area (Å²) in [5.41, 5.74) is 1.18. The summed E-state index contributed by atoms with van der Waals surface area (Å²) < 4.78 is 4.66. The van der Waals surface area contributed by atoms with Crippen LogP contribution in [0.1, 0.15) is 43.0 Å². The normalized spacial score (nSPS) is 21.8. The molecule has 1 atom stereocenters. The molecule has 0 saturated carbocycles. The number of hydrogen-bond acceptors (Lipinski definition) is 5. The van der Waals surface area contributed by atoms with Crippen LogP contribution >= 0.6 is 0 Å². The highest BCUT2D eigenvalue weighted by Gasteiger charge is 2.34. The van der Waals surface area contributed by atoms with Gasteiger partial charge in [-0.2, -0.15) is 0 Å². The molecule has 1 N–H and O–H groups in total. The zero-order chi connectivity index (χ0) is 18.5. The zero-order valence-electron chi connectivity index (χ0n) is 15.7. The number of amides is 1. The Morgan fingerprint density at radius 1 is 1.19 bits per heavy atom. The highest BCUT2D eigenvalue weighted by Crippen LogP contribution is 2.24. The summed E-state index contributed by atoms with van der Waals surface area (Å²) in [6.07, 6.45) is 4.47. The van der Waals surface area contributed by atoms with Gasteiger partial charge in [0.2, 0.25) is 5.91 Å². The fourth-order valence-electron chi connectivity index (χ4n) is 3.89. The van der Waals surface area contributed by atoms with Crippen molar-refractivity contribution in [2.75, 3.05) is 38.6 Å². The lowest BCUT2D eigenvalue weighted by Gasteiger charge is -2.49. The van der Waals surface area contributed by atoms with E-state index in [9.17, 15) is 9.59 Å². The maximum absolute atomic E-state index is 12.1. The summed E-state index contributed by atoms with van der Waals surface area (Å²) in [5.74, 6) is -0.371. The summed E-state index contributed by atoms with van der Waals surface area (Å²) >= 11 is 0. The summed E-state index contributed by atoms with van der Waals surface area (Å²) in [6.45, 7) is 6.50. The van der Waals surface area contributed by atoms with Crippen molar-refractivity contribution in [1.29, 1.82) is 0 Å². The van der Waals surface area contributed by atoms with E-state index in [2.05, 4.69) is 26.8 Å². The number of nitrogens with one attached hydrogen (secondary N) is 1. The van der Waals surface area contributed by atoms with Crippen LogP contribution in [0.4, 0.5) is 5.69 Å². The van der Waals surface area contributed by atoms with Crippen molar-refractivity contribution in [3.63, 3.8) is 0 Å². The third-order valence-corrected chi connectivity index (χ3v) is 5.51. The van der Waals surface area contributed by atoms with Crippen LogP contribution in [0.25, 0.3) is 0 Å². The fraction of sp³-hybridized carbons (Fsp3) is 0.600. The van der Waals surface area contributed by atoms with Crippen molar-refractivity contribution in [2.24, 2.45) is 0 Å². The number of anilines is 1. The Labute approximate surface area is 155 Å². The van der Waals surface area contributed by atoms with Gasteiger partial charge in [-0.15, -0.1) is 0 Å². The quantitative estimate of drug-likeness (QED) is 0.790. The van der Waals surface area contributed by atoms with Crippen LogP contribution in [-0.2, 0) is 9.53 Å². The fourth-order valence-corrected chi connectivity index (χ4v) is 3.89. The van der Waals surface area contributed by atoms with E-state index in [-0.39, 0.29) is 11.9 Å². The molecule has 3 rings (SSSR count). The van der Waals surface area contributed by atoms with Crippen LogP contribution in [0.5, 0.6) is 0 Å². The smallest absolute Gasteiger partial charge is 0.337 e. The third-order valence-electron chi connectivity index (χ3n) is 5.51. The molecule has 2 aliphatic heterocycles. The Morgan fingerprint density at radius 3 is 2.58 bits per heavy atom. The topological polar surface area (TPSA) is 61.9 Å². The molecular weight excluding hydrogens is 330 g/mol. The number of carbonyl (C=O) groups is 2. The van der Waals surface area contributed by atoms with E-state index in [1.54, 1.807) is 24.3 Å². The summed E-state index contributed by atoms with van der Waals surface area (Å²) in [7, 11) is 1.35. The molecule has 2 heterocycles. The predicted octanol–water partition coefficient (Wildman–Crippen LogP) is 2.36. The van der Waals surface area contributed by atoms with E-state index in [1.165, 1.54) is 32.9 Å². The second-order valence-corrected chi connectivity index (χ2v) is 7.36. The number of likely N-dealkylation sites (tertiary alicyclic amines) is 2. The van der Waals surface area contributed by atoms with Crippen LogP contribution in [0.2, 0.25) is 0 Å². The minimum Gasteiger partial charge on any atom is -0.465 e. The highest BCUT2D eigenvalue weighted by atomic mass is 16.5. The third kappa shape index (κ3) is 4.62. The Hall–Kier alpha value is -1.92. The number of rotatable bonds is 6. The number of hydrogen-bond donors (Lipinski definition) is 1. The molecule has 0 bridgehead atoms. The van der Waals surface area contributed by atoms with Crippen molar-refractivity contribution in [3.8, 4) is 0 Å². The average Bonchev–Trinajstić information content (AvgIpc) is 2.61. The first-order valence-electron chi connectivity index (χ1n) is 9.53. The number of nitrogens with zero attached hydrogens (tertiary/aromatic N) is 2. The highest BCUT2D eigenvalue weighted by molar-refractivity contribution is 5.93. The van der Waals surface area contributed by atoms with Crippen LogP contribution in [0.3, 0.4) is 0 Å². The van der Waals surface area contributed by atoms with E-state index in [1.807, 2.05) is 0 Å². The lowest BCUT2D eigenvalue weighted by atomic mass is 9.97. The monoisotopic (exact) mass is 359 g/mol. The number of esters is 1. The number of ether oxygens (including phenoxy) is 1. The Kier molecular flexibility index (Phi) is 6.27. The van der Waals surface area contributed by atoms with Gasteiger partial charge in [-0.25, -0.2) is 4.79 Å². The molecule has 2 saturated heterocycles. The van der Waals surface area contributed by atoms with Crippen LogP contribution in [0, 0.1) is 0 Å². The second-order valence-electron chi connectivity index (χ2n) is 7.36. The summed E-state index contributed by atoms with van der Waals surface area (Å²) in [4.78, 5) is 28.5. The van der Waals surface area contributed by atoms with Gasteiger partial charge in [0.25, 0.3) is 0 Å². The van der Waals surface area contributed by atoms with Gasteiger partial charge in [-0.1, -0.05) is 6.42 Å².